The van der Waals surface area contributed by atoms with Gasteiger partial charge in [-0.3, -0.25) is 4.79 Å². The van der Waals surface area contributed by atoms with E-state index in [9.17, 15) is 9.90 Å². The van der Waals surface area contributed by atoms with Crippen LogP contribution in [0.2, 0.25) is 10.2 Å². The summed E-state index contributed by atoms with van der Waals surface area (Å²) in [4.78, 5) is 15.8. The molecule has 1 aromatic heterocycles. The van der Waals surface area contributed by atoms with Crippen LogP contribution in [-0.4, -0.2) is 21.7 Å². The second-order valence-electron chi connectivity index (χ2n) is 4.30. The lowest BCUT2D eigenvalue weighted by atomic mass is 10.1. The molecule has 2 rings (SSSR count). The predicted molar refractivity (Wildman–Crippen MR) is 89.7 cm³/mol. The predicted octanol–water partition coefficient (Wildman–Crippen LogP) is 4.01. The highest BCUT2D eigenvalue weighted by Crippen LogP contribution is 2.22. The molecule has 0 fully saturated rings. The summed E-state index contributed by atoms with van der Waals surface area (Å²) in [6.07, 6.45) is 1.34. The van der Waals surface area contributed by atoms with Crippen LogP contribution >= 0.6 is 39.1 Å². The Hall–Kier alpha value is -1.63. The second-order valence-corrected chi connectivity index (χ2v) is 5.95. The summed E-state index contributed by atoms with van der Waals surface area (Å²) in [5.41, 5.74) is 3.52. The van der Waals surface area contributed by atoms with E-state index in [1.165, 1.54) is 18.3 Å². The quantitative estimate of drug-likeness (QED) is 0.462. The fourth-order valence-electron chi connectivity index (χ4n) is 1.60. The maximum Gasteiger partial charge on any atom is 0.272 e. The van der Waals surface area contributed by atoms with E-state index in [-0.39, 0.29) is 10.9 Å². The molecule has 2 aromatic rings. The lowest BCUT2D eigenvalue weighted by molar-refractivity contribution is 0.0954. The highest BCUT2D eigenvalue weighted by atomic mass is 79.9. The number of benzene rings is 1. The molecule has 0 aliphatic heterocycles. The minimum Gasteiger partial charge on any atom is -0.507 e. The lowest BCUT2D eigenvalue weighted by Gasteiger charge is -2.06. The number of halogens is 3. The zero-order chi connectivity index (χ0) is 16.3. The van der Waals surface area contributed by atoms with Gasteiger partial charge in [-0.15, -0.1) is 0 Å². The molecule has 0 atom stereocenters. The Bertz CT molecular complexity index is 766. The van der Waals surface area contributed by atoms with Gasteiger partial charge in [0.2, 0.25) is 0 Å². The summed E-state index contributed by atoms with van der Waals surface area (Å²) in [5, 5.41) is 14.4. The van der Waals surface area contributed by atoms with Gasteiger partial charge in [-0.2, -0.15) is 5.10 Å². The maximum atomic E-state index is 12.0. The number of carbonyl (C=O) groups is 1. The number of phenols is 1. The minimum atomic E-state index is -0.453. The molecule has 5 nitrogen and oxygen atoms in total. The van der Waals surface area contributed by atoms with Crippen LogP contribution in [0.4, 0.5) is 0 Å². The number of hydrazone groups is 1. The van der Waals surface area contributed by atoms with Gasteiger partial charge >= 0.3 is 0 Å². The van der Waals surface area contributed by atoms with E-state index in [2.05, 4.69) is 31.4 Å². The Morgan fingerprint density at radius 2 is 2.09 bits per heavy atom. The third-order valence-electron chi connectivity index (χ3n) is 2.73. The lowest BCUT2D eigenvalue weighted by Crippen LogP contribution is -2.19. The first-order valence-electron chi connectivity index (χ1n) is 6.03. The zero-order valence-corrected chi connectivity index (χ0v) is 14.4. The van der Waals surface area contributed by atoms with Crippen LogP contribution in [0, 0.1) is 0 Å². The number of phenolic OH excluding ortho intramolecular Hbond substituents is 1. The summed E-state index contributed by atoms with van der Waals surface area (Å²) < 4.78 is 0.509. The van der Waals surface area contributed by atoms with Crippen LogP contribution in [0.1, 0.15) is 22.8 Å². The molecule has 1 heterocycles. The number of rotatable bonds is 3. The highest BCUT2D eigenvalue weighted by Gasteiger charge is 2.10. The van der Waals surface area contributed by atoms with Crippen LogP contribution in [-0.2, 0) is 0 Å². The van der Waals surface area contributed by atoms with Crippen molar-refractivity contribution in [3.63, 3.8) is 0 Å². The Balaban J connectivity index is 2.18. The summed E-state index contributed by atoms with van der Waals surface area (Å²) in [5.74, 6) is -0.429. The fourth-order valence-corrected chi connectivity index (χ4v) is 2.23. The second kappa shape index (κ2) is 7.09. The summed E-state index contributed by atoms with van der Waals surface area (Å²) in [7, 11) is 0. The van der Waals surface area contributed by atoms with E-state index in [1.807, 2.05) is 0 Å². The monoisotopic (exact) mass is 401 g/mol. The molecule has 0 saturated carbocycles. The average Bonchev–Trinajstić information content (AvgIpc) is 2.49. The van der Waals surface area contributed by atoms with Gasteiger partial charge in [-0.1, -0.05) is 23.2 Å². The normalized spacial score (nSPS) is 11.4. The Morgan fingerprint density at radius 3 is 2.77 bits per heavy atom. The third-order valence-corrected chi connectivity index (χ3v) is 4.10. The Morgan fingerprint density at radius 1 is 1.36 bits per heavy atom. The number of carbonyl (C=O) groups excluding carboxylic acids is 1. The van der Waals surface area contributed by atoms with Gasteiger partial charge in [0.25, 0.3) is 5.91 Å². The topological polar surface area (TPSA) is 74.6 Å². The van der Waals surface area contributed by atoms with Crippen LogP contribution in [0.25, 0.3) is 0 Å². The Kier molecular flexibility index (Phi) is 5.39. The molecule has 1 amide bonds. The number of amides is 1. The number of hydrogen-bond donors (Lipinski definition) is 2. The minimum absolute atomic E-state index is 0.0239. The fraction of sp³-hybridized carbons (Fsp3) is 0.0714. The van der Waals surface area contributed by atoms with Crippen LogP contribution in [0.5, 0.6) is 5.75 Å². The highest BCUT2D eigenvalue weighted by molar-refractivity contribution is 9.10. The van der Waals surface area contributed by atoms with Crippen molar-refractivity contribution in [3.8, 4) is 5.75 Å². The van der Waals surface area contributed by atoms with E-state index < -0.39 is 5.91 Å². The molecule has 0 radical (unpaired) electrons. The van der Waals surface area contributed by atoms with Crippen molar-refractivity contribution in [1.29, 1.82) is 0 Å². The first-order valence-corrected chi connectivity index (χ1v) is 7.58. The van der Waals surface area contributed by atoms with Crippen molar-refractivity contribution in [2.45, 2.75) is 6.92 Å². The summed E-state index contributed by atoms with van der Waals surface area (Å²) in [6.45, 7) is 1.64. The molecule has 1 aromatic carbocycles. The summed E-state index contributed by atoms with van der Waals surface area (Å²) >= 11 is 14.8. The van der Waals surface area contributed by atoms with Gasteiger partial charge in [0.1, 0.15) is 10.9 Å². The van der Waals surface area contributed by atoms with E-state index in [1.54, 1.807) is 19.1 Å². The number of nitrogens with zero attached hydrogens (tertiary/aromatic N) is 2. The number of nitrogens with one attached hydrogen (secondary N) is 1. The molecule has 0 aliphatic rings. The molecule has 0 unspecified atom stereocenters. The first kappa shape index (κ1) is 16.7. The van der Waals surface area contributed by atoms with Crippen LogP contribution < -0.4 is 5.43 Å². The standard InChI is InChI=1S/C14H10BrCl2N3O2/c1-7(10-5-9(16)2-3-12(10)21)19-20-14(22)8-4-11(15)13(17)18-6-8/h2-6,21H,1H3,(H,20,22)/b19-7+. The third kappa shape index (κ3) is 3.97. The van der Waals surface area contributed by atoms with E-state index >= 15 is 0 Å². The zero-order valence-electron chi connectivity index (χ0n) is 11.3. The molecular weight excluding hydrogens is 393 g/mol. The SMILES string of the molecule is C/C(=N\NC(=O)c1cnc(Cl)c(Br)c1)c1cc(Cl)ccc1O. The van der Waals surface area contributed by atoms with Gasteiger partial charge in [0.05, 0.1) is 15.7 Å². The number of pyridine rings is 1. The van der Waals surface area contributed by atoms with Crippen molar-refractivity contribution >= 4 is 50.8 Å². The molecule has 8 heteroatoms. The number of hydrogen-bond acceptors (Lipinski definition) is 4. The van der Waals surface area contributed by atoms with Gasteiger partial charge in [0, 0.05) is 16.8 Å². The van der Waals surface area contributed by atoms with Crippen molar-refractivity contribution < 1.29 is 9.90 Å². The molecule has 0 bridgehead atoms. The van der Waals surface area contributed by atoms with E-state index in [0.29, 0.717) is 26.3 Å². The van der Waals surface area contributed by atoms with Crippen LogP contribution in [0.3, 0.4) is 0 Å². The number of aromatic hydroxyl groups is 1. The van der Waals surface area contributed by atoms with Crippen molar-refractivity contribution in [1.82, 2.24) is 10.4 Å². The van der Waals surface area contributed by atoms with Crippen molar-refractivity contribution in [2.24, 2.45) is 5.10 Å². The molecule has 2 N–H and O–H groups in total. The van der Waals surface area contributed by atoms with Gasteiger partial charge in [-0.25, -0.2) is 10.4 Å². The first-order chi connectivity index (χ1) is 10.4. The van der Waals surface area contributed by atoms with Crippen molar-refractivity contribution in [3.05, 3.63) is 56.2 Å². The molecule has 114 valence electrons. The van der Waals surface area contributed by atoms with E-state index in [4.69, 9.17) is 23.2 Å². The van der Waals surface area contributed by atoms with Crippen LogP contribution in [0.15, 0.2) is 40.0 Å². The summed E-state index contributed by atoms with van der Waals surface area (Å²) in [6, 6.07) is 6.11. The van der Waals surface area contributed by atoms with E-state index in [0.717, 1.165) is 0 Å². The number of aromatic nitrogens is 1. The Labute approximate surface area is 145 Å². The van der Waals surface area contributed by atoms with Crippen molar-refractivity contribution in [2.75, 3.05) is 0 Å². The van der Waals surface area contributed by atoms with Gasteiger partial charge in [0.15, 0.2) is 0 Å². The largest absolute Gasteiger partial charge is 0.507 e. The molecular formula is C14H10BrCl2N3O2. The molecule has 0 saturated heterocycles. The smallest absolute Gasteiger partial charge is 0.272 e. The molecule has 0 spiro atoms. The van der Waals surface area contributed by atoms with Gasteiger partial charge < -0.3 is 5.11 Å². The molecule has 22 heavy (non-hydrogen) atoms. The van der Waals surface area contributed by atoms with Gasteiger partial charge in [-0.05, 0) is 47.1 Å². The molecule has 0 aliphatic carbocycles. The average molecular weight is 403 g/mol. The maximum absolute atomic E-state index is 12.0.